The molecule has 0 saturated carbocycles. The van der Waals surface area contributed by atoms with Crippen LogP contribution in [0.1, 0.15) is 28.9 Å². The van der Waals surface area contributed by atoms with Gasteiger partial charge in [0.1, 0.15) is 11.5 Å². The number of nitrogens with one attached hydrogen (secondary N) is 2. The van der Waals surface area contributed by atoms with Gasteiger partial charge in [0.2, 0.25) is 5.82 Å². The second kappa shape index (κ2) is 8.87. The van der Waals surface area contributed by atoms with Crippen molar-refractivity contribution in [2.24, 2.45) is 0 Å². The Balaban J connectivity index is 1.54. The average molecular weight is 447 g/mol. The summed E-state index contributed by atoms with van der Waals surface area (Å²) >= 11 is 0. The molecule has 4 aromatic rings. The zero-order valence-electron chi connectivity index (χ0n) is 17.4. The molecule has 2 heterocycles. The molecular weight excluding hydrogens is 429 g/mol. The predicted molar refractivity (Wildman–Crippen MR) is 121 cm³/mol. The molecular formula is C23H18FN5O4. The number of hydrogen-bond acceptors (Lipinski definition) is 6. The van der Waals surface area contributed by atoms with E-state index in [1.807, 2.05) is 0 Å². The Labute approximate surface area is 186 Å². The van der Waals surface area contributed by atoms with Gasteiger partial charge in [-0.05, 0) is 61.0 Å². The van der Waals surface area contributed by atoms with Gasteiger partial charge in [0.05, 0.1) is 11.0 Å². The molecule has 1 amide bonds. The van der Waals surface area contributed by atoms with Gasteiger partial charge < -0.3 is 10.6 Å². The third-order valence-electron chi connectivity index (χ3n) is 5.02. The van der Waals surface area contributed by atoms with Crippen LogP contribution in [0, 0.1) is 15.9 Å². The fourth-order valence-corrected chi connectivity index (χ4v) is 3.29. The van der Waals surface area contributed by atoms with Crippen LogP contribution < -0.4 is 16.2 Å². The first-order valence-corrected chi connectivity index (χ1v) is 9.92. The van der Waals surface area contributed by atoms with E-state index >= 15 is 0 Å². The number of pyridine rings is 1. The van der Waals surface area contributed by atoms with E-state index in [-0.39, 0.29) is 17.4 Å². The molecule has 0 bridgehead atoms. The molecule has 1 unspecified atom stereocenters. The Hall–Kier alpha value is -4.60. The minimum absolute atomic E-state index is 0.127. The number of anilines is 2. The van der Waals surface area contributed by atoms with Crippen molar-refractivity contribution in [3.05, 3.63) is 110 Å². The number of carbonyl (C=O) groups is 1. The molecule has 0 aliphatic carbocycles. The maximum Gasteiger partial charge on any atom is 0.376 e. The number of amides is 1. The highest BCUT2D eigenvalue weighted by Crippen LogP contribution is 2.25. The maximum atomic E-state index is 13.0. The van der Waals surface area contributed by atoms with Gasteiger partial charge in [0, 0.05) is 17.4 Å². The van der Waals surface area contributed by atoms with E-state index in [0.717, 1.165) is 9.96 Å². The highest BCUT2D eigenvalue weighted by molar-refractivity contribution is 6.04. The molecule has 0 aliphatic heterocycles. The molecule has 0 spiro atoms. The van der Waals surface area contributed by atoms with E-state index in [4.69, 9.17) is 0 Å². The van der Waals surface area contributed by atoms with Gasteiger partial charge >= 0.3 is 11.2 Å². The third-order valence-corrected chi connectivity index (χ3v) is 5.02. The van der Waals surface area contributed by atoms with Crippen molar-refractivity contribution in [3.8, 4) is 0 Å². The maximum absolute atomic E-state index is 13.0. The van der Waals surface area contributed by atoms with Gasteiger partial charge in [-0.15, -0.1) is 0 Å². The van der Waals surface area contributed by atoms with Crippen molar-refractivity contribution in [1.29, 1.82) is 0 Å². The van der Waals surface area contributed by atoms with Gasteiger partial charge in [0.25, 0.3) is 5.91 Å². The summed E-state index contributed by atoms with van der Waals surface area (Å²) in [5.41, 5.74) is 0.443. The highest BCUT2D eigenvalue weighted by atomic mass is 19.1. The van der Waals surface area contributed by atoms with Crippen LogP contribution in [0.2, 0.25) is 0 Å². The van der Waals surface area contributed by atoms with E-state index in [9.17, 15) is 24.1 Å². The molecule has 2 aromatic heterocycles. The third kappa shape index (κ3) is 4.54. The van der Waals surface area contributed by atoms with Gasteiger partial charge in [-0.1, -0.05) is 18.2 Å². The molecule has 0 aliphatic rings. The SMILES string of the molecule is CC(Nc1nc2ccccn2c(=O)c1[N+](=O)[O-])c1ccc(NC(=O)c2ccc(F)cc2)cc1. The standard InChI is InChI=1S/C23H18FN5O4/c1-14(25-21-20(29(32)33)23(31)28-13-3-2-4-19(28)27-21)15-7-11-18(12-8-15)26-22(30)16-5-9-17(24)10-6-16/h2-14,25H,1H3,(H,26,30). The summed E-state index contributed by atoms with van der Waals surface area (Å²) in [7, 11) is 0. The molecule has 9 nitrogen and oxygen atoms in total. The van der Waals surface area contributed by atoms with Gasteiger partial charge in [0.15, 0.2) is 0 Å². The largest absolute Gasteiger partial charge is 0.376 e. The Morgan fingerprint density at radius 2 is 1.79 bits per heavy atom. The van der Waals surface area contributed by atoms with Crippen LogP contribution in [0.15, 0.2) is 77.7 Å². The molecule has 2 N–H and O–H groups in total. The van der Waals surface area contributed by atoms with E-state index in [0.29, 0.717) is 11.3 Å². The summed E-state index contributed by atoms with van der Waals surface area (Å²) in [5.74, 6) is -0.941. The Morgan fingerprint density at radius 3 is 2.45 bits per heavy atom. The van der Waals surface area contributed by atoms with Crippen LogP contribution in [0.5, 0.6) is 0 Å². The first-order valence-electron chi connectivity index (χ1n) is 9.92. The number of nitrogens with zero attached hydrogens (tertiary/aromatic N) is 3. The normalized spacial score (nSPS) is 11.7. The van der Waals surface area contributed by atoms with Crippen LogP contribution in [-0.4, -0.2) is 20.2 Å². The molecule has 33 heavy (non-hydrogen) atoms. The lowest BCUT2D eigenvalue weighted by Crippen LogP contribution is -2.22. The Bertz CT molecular complexity index is 1400. The summed E-state index contributed by atoms with van der Waals surface area (Å²) in [4.78, 5) is 39.9. The molecule has 0 fully saturated rings. The first kappa shape index (κ1) is 21.6. The first-order chi connectivity index (χ1) is 15.8. The summed E-state index contributed by atoms with van der Waals surface area (Å²) < 4.78 is 14.1. The van der Waals surface area contributed by atoms with Gasteiger partial charge in [-0.3, -0.25) is 24.1 Å². The van der Waals surface area contributed by atoms with Crippen LogP contribution in [-0.2, 0) is 0 Å². The molecule has 2 aromatic carbocycles. The number of benzene rings is 2. The minimum atomic E-state index is -0.779. The van der Waals surface area contributed by atoms with Gasteiger partial charge in [-0.2, -0.15) is 0 Å². The zero-order chi connectivity index (χ0) is 23.5. The van der Waals surface area contributed by atoms with Crippen molar-refractivity contribution in [2.75, 3.05) is 10.6 Å². The van der Waals surface area contributed by atoms with Crippen molar-refractivity contribution < 1.29 is 14.1 Å². The molecule has 1 atom stereocenters. The predicted octanol–water partition coefficient (Wildman–Crippen LogP) is 4.17. The number of carbonyl (C=O) groups excluding carboxylic acids is 1. The minimum Gasteiger partial charge on any atom is -0.358 e. The molecule has 4 rings (SSSR count). The second-order valence-electron chi connectivity index (χ2n) is 7.25. The number of nitro groups is 1. The monoisotopic (exact) mass is 447 g/mol. The fraction of sp³-hybridized carbons (Fsp3) is 0.0870. The van der Waals surface area contributed by atoms with E-state index in [1.165, 1.54) is 30.5 Å². The zero-order valence-corrected chi connectivity index (χ0v) is 17.4. The summed E-state index contributed by atoms with van der Waals surface area (Å²) in [6.07, 6.45) is 1.42. The summed E-state index contributed by atoms with van der Waals surface area (Å²) in [5, 5.41) is 17.2. The van der Waals surface area contributed by atoms with Crippen LogP contribution in [0.3, 0.4) is 0 Å². The van der Waals surface area contributed by atoms with Crippen molar-refractivity contribution in [1.82, 2.24) is 9.38 Å². The number of rotatable bonds is 6. The number of hydrogen-bond donors (Lipinski definition) is 2. The lowest BCUT2D eigenvalue weighted by Gasteiger charge is -2.16. The second-order valence-corrected chi connectivity index (χ2v) is 7.25. The van der Waals surface area contributed by atoms with Crippen molar-refractivity contribution in [2.45, 2.75) is 13.0 Å². The lowest BCUT2D eigenvalue weighted by molar-refractivity contribution is -0.385. The highest BCUT2D eigenvalue weighted by Gasteiger charge is 2.24. The molecule has 0 radical (unpaired) electrons. The smallest absolute Gasteiger partial charge is 0.358 e. The van der Waals surface area contributed by atoms with Gasteiger partial charge in [-0.25, -0.2) is 9.37 Å². The molecule has 166 valence electrons. The average Bonchev–Trinajstić information content (AvgIpc) is 2.80. The number of halogens is 1. The number of fused-ring (bicyclic) bond motifs is 1. The Morgan fingerprint density at radius 1 is 1.09 bits per heavy atom. The van der Waals surface area contributed by atoms with E-state index in [1.54, 1.807) is 49.4 Å². The number of aromatic nitrogens is 2. The summed E-state index contributed by atoms with van der Waals surface area (Å²) in [6.45, 7) is 1.77. The van der Waals surface area contributed by atoms with Crippen LogP contribution in [0.4, 0.5) is 21.6 Å². The van der Waals surface area contributed by atoms with Crippen molar-refractivity contribution >= 4 is 28.7 Å². The van der Waals surface area contributed by atoms with Crippen molar-refractivity contribution in [3.63, 3.8) is 0 Å². The van der Waals surface area contributed by atoms with E-state index < -0.39 is 28.0 Å². The fourth-order valence-electron chi connectivity index (χ4n) is 3.29. The quantitative estimate of drug-likeness (QED) is 0.338. The molecule has 0 saturated heterocycles. The Kier molecular flexibility index (Phi) is 5.81. The lowest BCUT2D eigenvalue weighted by atomic mass is 10.1. The van der Waals surface area contributed by atoms with Crippen LogP contribution >= 0.6 is 0 Å². The summed E-state index contributed by atoms with van der Waals surface area (Å²) in [6, 6.07) is 16.4. The topological polar surface area (TPSA) is 119 Å². The van der Waals surface area contributed by atoms with Crippen LogP contribution in [0.25, 0.3) is 5.65 Å². The molecule has 10 heteroatoms. The van der Waals surface area contributed by atoms with E-state index in [2.05, 4.69) is 15.6 Å².